The summed E-state index contributed by atoms with van der Waals surface area (Å²) in [5.41, 5.74) is 10.5. The van der Waals surface area contributed by atoms with Gasteiger partial charge in [-0.1, -0.05) is 97.1 Å². The zero-order chi connectivity index (χ0) is 25.5. The number of aromatic nitrogens is 1. The number of fused-ring (bicyclic) bond motifs is 3. The third-order valence-electron chi connectivity index (χ3n) is 7.15. The van der Waals surface area contributed by atoms with Gasteiger partial charge in [-0.15, -0.1) is 11.3 Å². The first-order valence-corrected chi connectivity index (χ1v) is 13.7. The average molecular weight is 504 g/mol. The molecule has 0 unspecified atom stereocenters. The standard InChI is InChI=1S/C36H25NS/c1-24-9-4-19-34(37-24)30-15-7-13-28(23-30)26-11-5-10-25(21-26)27-12-6-14-29(22-27)31-17-8-18-33-32-16-2-3-20-35(32)38-36(31)33/h2-23H,1H3. The van der Waals surface area contributed by atoms with Crippen LogP contribution in [0.5, 0.6) is 0 Å². The summed E-state index contributed by atoms with van der Waals surface area (Å²) in [5, 5.41) is 2.67. The Bertz CT molecular complexity index is 1950. The lowest BCUT2D eigenvalue weighted by Gasteiger charge is -2.10. The van der Waals surface area contributed by atoms with Crippen LogP contribution in [-0.2, 0) is 0 Å². The van der Waals surface area contributed by atoms with Gasteiger partial charge in [0.25, 0.3) is 0 Å². The van der Waals surface area contributed by atoms with Crippen molar-refractivity contribution in [1.29, 1.82) is 0 Å². The molecule has 2 aromatic heterocycles. The molecule has 2 heteroatoms. The fraction of sp³-hybridized carbons (Fsp3) is 0.0278. The van der Waals surface area contributed by atoms with Crippen molar-refractivity contribution in [2.24, 2.45) is 0 Å². The lowest BCUT2D eigenvalue weighted by Crippen LogP contribution is -1.87. The number of rotatable bonds is 4. The zero-order valence-electron chi connectivity index (χ0n) is 21.1. The van der Waals surface area contributed by atoms with E-state index in [4.69, 9.17) is 4.98 Å². The highest BCUT2D eigenvalue weighted by molar-refractivity contribution is 7.26. The summed E-state index contributed by atoms with van der Waals surface area (Å²) in [6, 6.07) is 48.0. The highest BCUT2D eigenvalue weighted by Gasteiger charge is 2.11. The second-order valence-electron chi connectivity index (χ2n) is 9.69. The van der Waals surface area contributed by atoms with Gasteiger partial charge in [-0.25, -0.2) is 0 Å². The Morgan fingerprint density at radius 1 is 0.474 bits per heavy atom. The summed E-state index contributed by atoms with van der Waals surface area (Å²) in [6.45, 7) is 2.03. The number of hydrogen-bond donors (Lipinski definition) is 0. The monoisotopic (exact) mass is 503 g/mol. The third-order valence-corrected chi connectivity index (χ3v) is 8.37. The molecular formula is C36H25NS. The maximum atomic E-state index is 4.72. The minimum absolute atomic E-state index is 1.01. The Morgan fingerprint density at radius 2 is 1.03 bits per heavy atom. The quantitative estimate of drug-likeness (QED) is 0.233. The fourth-order valence-electron chi connectivity index (χ4n) is 5.28. The van der Waals surface area contributed by atoms with E-state index >= 15 is 0 Å². The van der Waals surface area contributed by atoms with E-state index in [1.807, 2.05) is 24.3 Å². The van der Waals surface area contributed by atoms with E-state index in [1.54, 1.807) is 0 Å². The van der Waals surface area contributed by atoms with Gasteiger partial charge in [0, 0.05) is 31.4 Å². The summed E-state index contributed by atoms with van der Waals surface area (Å²) in [7, 11) is 0. The predicted octanol–water partition coefficient (Wildman–Crippen LogP) is 10.4. The molecule has 7 rings (SSSR count). The Morgan fingerprint density at radius 3 is 1.76 bits per heavy atom. The van der Waals surface area contributed by atoms with Crippen LogP contribution < -0.4 is 0 Å². The highest BCUT2D eigenvalue weighted by Crippen LogP contribution is 2.40. The van der Waals surface area contributed by atoms with Crippen LogP contribution in [0.15, 0.2) is 133 Å². The van der Waals surface area contributed by atoms with Crippen molar-refractivity contribution in [3.05, 3.63) is 139 Å². The van der Waals surface area contributed by atoms with Crippen molar-refractivity contribution >= 4 is 31.5 Å². The first-order chi connectivity index (χ1) is 18.7. The summed E-state index contributed by atoms with van der Waals surface area (Å²) in [6.07, 6.45) is 0. The Hall–Kier alpha value is -4.53. The van der Waals surface area contributed by atoms with Crippen LogP contribution >= 0.6 is 11.3 Å². The molecule has 2 heterocycles. The molecule has 38 heavy (non-hydrogen) atoms. The van der Waals surface area contributed by atoms with E-state index in [9.17, 15) is 0 Å². The molecule has 0 N–H and O–H groups in total. The highest BCUT2D eigenvalue weighted by atomic mass is 32.1. The Kier molecular flexibility index (Phi) is 5.61. The molecule has 0 aliphatic rings. The van der Waals surface area contributed by atoms with Gasteiger partial charge < -0.3 is 0 Å². The van der Waals surface area contributed by atoms with E-state index in [0.29, 0.717) is 0 Å². The summed E-state index contributed by atoms with van der Waals surface area (Å²) in [4.78, 5) is 4.72. The van der Waals surface area contributed by atoms with Crippen LogP contribution in [0.4, 0.5) is 0 Å². The molecule has 0 amide bonds. The van der Waals surface area contributed by atoms with Gasteiger partial charge in [0.2, 0.25) is 0 Å². The largest absolute Gasteiger partial charge is 0.253 e. The number of thiophene rings is 1. The molecule has 180 valence electrons. The molecule has 0 spiro atoms. The average Bonchev–Trinajstić information content (AvgIpc) is 3.36. The molecule has 0 aliphatic carbocycles. The minimum Gasteiger partial charge on any atom is -0.253 e. The van der Waals surface area contributed by atoms with Gasteiger partial charge in [0.15, 0.2) is 0 Å². The van der Waals surface area contributed by atoms with E-state index in [0.717, 1.165) is 17.0 Å². The molecule has 0 bridgehead atoms. The molecule has 7 aromatic rings. The number of hydrogen-bond acceptors (Lipinski definition) is 2. The van der Waals surface area contributed by atoms with Gasteiger partial charge in [-0.2, -0.15) is 0 Å². The molecule has 0 atom stereocenters. The summed E-state index contributed by atoms with van der Waals surface area (Å²) in [5.74, 6) is 0. The second kappa shape index (κ2) is 9.41. The number of pyridine rings is 1. The van der Waals surface area contributed by atoms with Crippen LogP contribution in [-0.4, -0.2) is 4.98 Å². The molecule has 0 aliphatic heterocycles. The molecule has 0 saturated carbocycles. The SMILES string of the molecule is Cc1cccc(-c2cccc(-c3cccc(-c4cccc(-c5cccc6c5sc5ccccc56)c4)c3)c2)n1. The predicted molar refractivity (Wildman–Crippen MR) is 164 cm³/mol. The van der Waals surface area contributed by atoms with Crippen molar-refractivity contribution in [3.63, 3.8) is 0 Å². The van der Waals surface area contributed by atoms with Crippen molar-refractivity contribution in [1.82, 2.24) is 4.98 Å². The van der Waals surface area contributed by atoms with Crippen LogP contribution in [0.1, 0.15) is 5.69 Å². The van der Waals surface area contributed by atoms with Gasteiger partial charge in [0.05, 0.1) is 5.69 Å². The molecule has 0 fully saturated rings. The van der Waals surface area contributed by atoms with Crippen LogP contribution in [0.3, 0.4) is 0 Å². The Labute approximate surface area is 226 Å². The molecule has 5 aromatic carbocycles. The van der Waals surface area contributed by atoms with Crippen LogP contribution in [0.2, 0.25) is 0 Å². The van der Waals surface area contributed by atoms with Gasteiger partial charge >= 0.3 is 0 Å². The summed E-state index contributed by atoms with van der Waals surface area (Å²) >= 11 is 1.88. The maximum Gasteiger partial charge on any atom is 0.0705 e. The molecule has 0 radical (unpaired) electrons. The van der Waals surface area contributed by atoms with Crippen molar-refractivity contribution in [2.75, 3.05) is 0 Å². The van der Waals surface area contributed by atoms with E-state index in [2.05, 4.69) is 127 Å². The van der Waals surface area contributed by atoms with Crippen molar-refractivity contribution in [3.8, 4) is 44.6 Å². The number of nitrogens with zero attached hydrogens (tertiary/aromatic N) is 1. The number of benzene rings is 5. The van der Waals surface area contributed by atoms with Gasteiger partial charge in [0.1, 0.15) is 0 Å². The van der Waals surface area contributed by atoms with Crippen LogP contribution in [0, 0.1) is 6.92 Å². The van der Waals surface area contributed by atoms with Crippen molar-refractivity contribution < 1.29 is 0 Å². The normalized spacial score (nSPS) is 11.3. The first-order valence-electron chi connectivity index (χ1n) is 12.9. The van der Waals surface area contributed by atoms with Gasteiger partial charge in [-0.05, 0) is 76.7 Å². The van der Waals surface area contributed by atoms with Crippen LogP contribution in [0.25, 0.3) is 64.8 Å². The smallest absolute Gasteiger partial charge is 0.0705 e. The molecule has 0 saturated heterocycles. The second-order valence-corrected chi connectivity index (χ2v) is 10.7. The van der Waals surface area contributed by atoms with E-state index < -0.39 is 0 Å². The third kappa shape index (κ3) is 4.09. The lowest BCUT2D eigenvalue weighted by molar-refractivity contribution is 1.21. The van der Waals surface area contributed by atoms with Gasteiger partial charge in [-0.3, -0.25) is 4.98 Å². The van der Waals surface area contributed by atoms with E-state index in [-0.39, 0.29) is 0 Å². The minimum atomic E-state index is 1.01. The Balaban J connectivity index is 1.28. The summed E-state index contributed by atoms with van der Waals surface area (Å²) < 4.78 is 2.68. The maximum absolute atomic E-state index is 4.72. The zero-order valence-corrected chi connectivity index (χ0v) is 21.9. The van der Waals surface area contributed by atoms with Crippen molar-refractivity contribution in [2.45, 2.75) is 6.92 Å². The molecule has 1 nitrogen and oxygen atoms in total. The fourth-order valence-corrected chi connectivity index (χ4v) is 6.52. The topological polar surface area (TPSA) is 12.9 Å². The lowest BCUT2D eigenvalue weighted by atomic mass is 9.95. The first kappa shape index (κ1) is 22.7. The van der Waals surface area contributed by atoms with E-state index in [1.165, 1.54) is 53.6 Å². The number of aryl methyl sites for hydroxylation is 1. The molecular weight excluding hydrogens is 478 g/mol.